The second-order valence-corrected chi connectivity index (χ2v) is 4.65. The minimum atomic E-state index is -0.138. The summed E-state index contributed by atoms with van der Waals surface area (Å²) in [6, 6.07) is 7.49. The van der Waals surface area contributed by atoms with Crippen LogP contribution in [0.25, 0.3) is 10.6 Å². The van der Waals surface area contributed by atoms with E-state index in [2.05, 4.69) is 4.98 Å². The maximum Gasteiger partial charge on any atom is 0.337 e. The fourth-order valence-electron chi connectivity index (χ4n) is 1.04. The molecule has 0 atom stereocenters. The molecule has 3 nitrogen and oxygen atoms in total. The van der Waals surface area contributed by atoms with Crippen LogP contribution in [0.15, 0.2) is 29.1 Å². The first-order chi connectivity index (χ1) is 6.79. The van der Waals surface area contributed by atoms with E-state index in [0.29, 0.717) is 0 Å². The molecule has 1 aromatic heterocycles. The quantitative estimate of drug-likeness (QED) is 0.736. The fourth-order valence-corrected chi connectivity index (χ4v) is 2.69. The molecule has 0 bridgehead atoms. The molecule has 0 spiro atoms. The lowest BCUT2D eigenvalue weighted by Gasteiger charge is -1.99. The molecule has 0 aliphatic carbocycles. The third-order valence-corrected chi connectivity index (χ3v) is 3.68. The Balaban J connectivity index is 2.38. The Morgan fingerprint density at radius 1 is 1.21 bits per heavy atom. The van der Waals surface area contributed by atoms with Crippen LogP contribution in [0.3, 0.4) is 0 Å². The van der Waals surface area contributed by atoms with Gasteiger partial charge in [-0.3, -0.25) is 4.79 Å². The number of ether oxygens (including phenoxy) is 1. The highest BCUT2D eigenvalue weighted by Crippen LogP contribution is 2.24. The zero-order valence-electron chi connectivity index (χ0n) is 7.39. The van der Waals surface area contributed by atoms with E-state index in [0.717, 1.165) is 26.7 Å². The molecule has 0 aliphatic rings. The summed E-state index contributed by atoms with van der Waals surface area (Å²) in [5.41, 5.74) is 0.953. The second kappa shape index (κ2) is 3.89. The molecule has 0 N–H and O–H groups in total. The van der Waals surface area contributed by atoms with Crippen LogP contribution in [-0.2, 0) is 0 Å². The van der Waals surface area contributed by atoms with E-state index in [-0.39, 0.29) is 4.87 Å². The normalized spacial score (nSPS) is 10.1. The number of rotatable bonds is 2. The molecule has 2 rings (SSSR count). The smallest absolute Gasteiger partial charge is 0.337 e. The molecule has 0 radical (unpaired) electrons. The van der Waals surface area contributed by atoms with Gasteiger partial charge in [-0.25, -0.2) is 0 Å². The standard InChI is InChI=1S/C9H7NO2S2/c1-12-7-4-2-6(3-5-7)8-10-9(11)14-13-8/h2-5H,1H3. The van der Waals surface area contributed by atoms with Gasteiger partial charge in [-0.1, -0.05) is 10.3 Å². The van der Waals surface area contributed by atoms with Crippen LogP contribution in [-0.4, -0.2) is 12.1 Å². The van der Waals surface area contributed by atoms with Crippen molar-refractivity contribution in [3.63, 3.8) is 0 Å². The highest BCUT2D eigenvalue weighted by molar-refractivity contribution is 7.69. The predicted molar refractivity (Wildman–Crippen MR) is 58.2 cm³/mol. The SMILES string of the molecule is COc1ccc(-c2nc(=O)ss2)cc1. The van der Waals surface area contributed by atoms with Crippen molar-refractivity contribution in [2.75, 3.05) is 7.11 Å². The van der Waals surface area contributed by atoms with Crippen molar-refractivity contribution in [3.8, 4) is 16.3 Å². The number of nitrogens with zero attached hydrogens (tertiary/aromatic N) is 1. The number of aromatic nitrogens is 1. The molecule has 72 valence electrons. The molecule has 14 heavy (non-hydrogen) atoms. The monoisotopic (exact) mass is 225 g/mol. The van der Waals surface area contributed by atoms with Gasteiger partial charge >= 0.3 is 4.87 Å². The van der Waals surface area contributed by atoms with Gasteiger partial charge in [-0.05, 0) is 34.6 Å². The van der Waals surface area contributed by atoms with Crippen LogP contribution in [0.4, 0.5) is 0 Å². The van der Waals surface area contributed by atoms with Gasteiger partial charge in [0, 0.05) is 5.56 Å². The van der Waals surface area contributed by atoms with Crippen molar-refractivity contribution in [3.05, 3.63) is 33.9 Å². The minimum Gasteiger partial charge on any atom is -0.497 e. The summed E-state index contributed by atoms with van der Waals surface area (Å²) in [7, 11) is 4.17. The molecule has 0 saturated carbocycles. The van der Waals surface area contributed by atoms with E-state index in [4.69, 9.17) is 4.74 Å². The number of hydrogen-bond donors (Lipinski definition) is 0. The first-order valence-corrected chi connectivity index (χ1v) is 6.06. The molecular formula is C9H7NO2S2. The van der Waals surface area contributed by atoms with Crippen LogP contribution < -0.4 is 9.61 Å². The molecule has 2 aromatic rings. The van der Waals surface area contributed by atoms with E-state index in [1.165, 1.54) is 10.3 Å². The zero-order valence-corrected chi connectivity index (χ0v) is 9.02. The average molecular weight is 225 g/mol. The van der Waals surface area contributed by atoms with Gasteiger partial charge in [0.05, 0.1) is 7.11 Å². The lowest BCUT2D eigenvalue weighted by molar-refractivity contribution is 0.415. The molecule has 0 aliphatic heterocycles. The van der Waals surface area contributed by atoms with Gasteiger partial charge in [0.1, 0.15) is 10.8 Å². The maximum atomic E-state index is 10.9. The number of methoxy groups -OCH3 is 1. The molecule has 0 amide bonds. The Morgan fingerprint density at radius 2 is 1.93 bits per heavy atom. The molecule has 0 unspecified atom stereocenters. The van der Waals surface area contributed by atoms with Gasteiger partial charge in [-0.15, -0.1) is 0 Å². The molecule has 0 fully saturated rings. The average Bonchev–Trinajstić information content (AvgIpc) is 2.65. The van der Waals surface area contributed by atoms with E-state index in [9.17, 15) is 4.79 Å². The first-order valence-electron chi connectivity index (χ1n) is 3.91. The Hall–Kier alpha value is -1.20. The van der Waals surface area contributed by atoms with Gasteiger partial charge < -0.3 is 4.74 Å². The summed E-state index contributed by atoms with van der Waals surface area (Å²) >= 11 is 0. The summed E-state index contributed by atoms with van der Waals surface area (Å²) in [4.78, 5) is 14.6. The molecular weight excluding hydrogens is 218 g/mol. The van der Waals surface area contributed by atoms with Gasteiger partial charge in [0.25, 0.3) is 0 Å². The van der Waals surface area contributed by atoms with Crippen LogP contribution in [0.1, 0.15) is 0 Å². The highest BCUT2D eigenvalue weighted by atomic mass is 32.9. The van der Waals surface area contributed by atoms with Gasteiger partial charge in [0.2, 0.25) is 0 Å². The lowest BCUT2D eigenvalue weighted by atomic mass is 10.2. The second-order valence-electron chi connectivity index (χ2n) is 2.58. The van der Waals surface area contributed by atoms with Crippen molar-refractivity contribution in [2.45, 2.75) is 0 Å². The molecule has 1 aromatic carbocycles. The summed E-state index contributed by atoms with van der Waals surface area (Å²) in [5.74, 6) is 0.802. The van der Waals surface area contributed by atoms with Crippen molar-refractivity contribution in [1.29, 1.82) is 0 Å². The summed E-state index contributed by atoms with van der Waals surface area (Å²) in [6.45, 7) is 0. The summed E-state index contributed by atoms with van der Waals surface area (Å²) < 4.78 is 5.03. The predicted octanol–water partition coefficient (Wildman–Crippen LogP) is 2.24. The third kappa shape index (κ3) is 1.83. The van der Waals surface area contributed by atoms with Crippen LogP contribution in [0.5, 0.6) is 5.75 Å². The van der Waals surface area contributed by atoms with Gasteiger partial charge in [-0.2, -0.15) is 4.98 Å². The highest BCUT2D eigenvalue weighted by Gasteiger charge is 2.02. The first kappa shape index (κ1) is 9.36. The Bertz CT molecular complexity index is 472. The lowest BCUT2D eigenvalue weighted by Crippen LogP contribution is -1.92. The van der Waals surface area contributed by atoms with Crippen molar-refractivity contribution >= 4 is 20.7 Å². The van der Waals surface area contributed by atoms with E-state index in [1.54, 1.807) is 7.11 Å². The van der Waals surface area contributed by atoms with Crippen LogP contribution >= 0.6 is 20.7 Å². The zero-order chi connectivity index (χ0) is 9.97. The number of benzene rings is 1. The largest absolute Gasteiger partial charge is 0.497 e. The van der Waals surface area contributed by atoms with E-state index >= 15 is 0 Å². The fraction of sp³-hybridized carbons (Fsp3) is 0.111. The summed E-state index contributed by atoms with van der Waals surface area (Å²) in [5, 5.41) is 0.766. The molecule has 0 saturated heterocycles. The Kier molecular flexibility index (Phi) is 2.60. The van der Waals surface area contributed by atoms with E-state index < -0.39 is 0 Å². The van der Waals surface area contributed by atoms with Crippen LogP contribution in [0.2, 0.25) is 0 Å². The Morgan fingerprint density at radius 3 is 2.43 bits per heavy atom. The van der Waals surface area contributed by atoms with Crippen molar-refractivity contribution in [1.82, 2.24) is 4.98 Å². The molecule has 5 heteroatoms. The van der Waals surface area contributed by atoms with E-state index in [1.807, 2.05) is 24.3 Å². The van der Waals surface area contributed by atoms with Crippen LogP contribution in [0, 0.1) is 0 Å². The summed E-state index contributed by atoms with van der Waals surface area (Å²) in [6.07, 6.45) is 0. The maximum absolute atomic E-state index is 10.9. The Labute approximate surface area is 88.0 Å². The molecule has 1 heterocycles. The van der Waals surface area contributed by atoms with Gasteiger partial charge in [0.15, 0.2) is 0 Å². The minimum absolute atomic E-state index is 0.138. The van der Waals surface area contributed by atoms with Crippen molar-refractivity contribution in [2.24, 2.45) is 0 Å². The third-order valence-electron chi connectivity index (χ3n) is 1.72. The number of hydrogen-bond acceptors (Lipinski definition) is 5. The van der Waals surface area contributed by atoms with Crippen molar-refractivity contribution < 1.29 is 4.74 Å². The topological polar surface area (TPSA) is 39.2 Å².